The van der Waals surface area contributed by atoms with E-state index in [4.69, 9.17) is 18.6 Å². The van der Waals surface area contributed by atoms with Crippen LogP contribution in [0.5, 0.6) is 0 Å². The maximum absolute atomic E-state index is 8.49. The standard InChI is InChI=1S/C31H28N.ClHO4/c1-31(2,3)32-29(24-14-8-4-9-15-24)21-26(22-30(32)25-16-10-5-11-17-25)28-20-19-23-13-7-6-12-18-27(23)28;2-1(3,4)5/h4-22H,1-3H3;(H,2,3,4,5)/q+1;/p-1. The molecular formula is C31H28ClNO4. The minimum absolute atomic E-state index is 0.0879. The van der Waals surface area contributed by atoms with Gasteiger partial charge in [0.05, 0.1) is 0 Å². The van der Waals surface area contributed by atoms with Crippen LogP contribution in [-0.2, 0) is 5.54 Å². The van der Waals surface area contributed by atoms with Gasteiger partial charge >= 0.3 is 0 Å². The van der Waals surface area contributed by atoms with E-state index in [2.05, 4.69) is 141 Å². The van der Waals surface area contributed by atoms with E-state index in [0.29, 0.717) is 0 Å². The van der Waals surface area contributed by atoms with E-state index in [1.165, 1.54) is 44.8 Å². The average Bonchev–Trinajstić information content (AvgIpc) is 3.11. The van der Waals surface area contributed by atoms with Crippen LogP contribution in [0.1, 0.15) is 20.8 Å². The monoisotopic (exact) mass is 513 g/mol. The highest BCUT2D eigenvalue weighted by Gasteiger charge is 2.32. The van der Waals surface area contributed by atoms with Crippen molar-refractivity contribution < 1.29 is 33.4 Å². The molecule has 0 bridgehead atoms. The number of nitrogens with zero attached hydrogens (tertiary/aromatic N) is 1. The van der Waals surface area contributed by atoms with Crippen molar-refractivity contribution in [3.05, 3.63) is 115 Å². The summed E-state index contributed by atoms with van der Waals surface area (Å²) >= 11 is 0. The minimum atomic E-state index is -4.94. The molecule has 0 unspecified atom stereocenters. The number of pyridine rings is 1. The molecule has 0 saturated heterocycles. The van der Waals surface area contributed by atoms with Gasteiger partial charge in [0.15, 0.2) is 5.54 Å². The van der Waals surface area contributed by atoms with Gasteiger partial charge in [0.25, 0.3) is 0 Å². The molecule has 0 N–H and O–H groups in total. The molecule has 0 radical (unpaired) electrons. The van der Waals surface area contributed by atoms with Gasteiger partial charge in [0.1, 0.15) is 0 Å². The van der Waals surface area contributed by atoms with Crippen LogP contribution in [0.4, 0.5) is 0 Å². The van der Waals surface area contributed by atoms with Crippen LogP contribution in [0, 0.1) is 10.2 Å². The molecule has 0 atom stereocenters. The molecule has 0 fully saturated rings. The first kappa shape index (κ1) is 26.5. The third kappa shape index (κ3) is 6.60. The summed E-state index contributed by atoms with van der Waals surface area (Å²) in [6.07, 6.45) is 0. The van der Waals surface area contributed by atoms with Crippen molar-refractivity contribution >= 4 is 0 Å². The third-order valence-corrected chi connectivity index (χ3v) is 5.98. The second-order valence-corrected chi connectivity index (χ2v) is 10.4. The van der Waals surface area contributed by atoms with Crippen molar-refractivity contribution in [1.82, 2.24) is 0 Å². The first-order valence-electron chi connectivity index (χ1n) is 11.8. The lowest BCUT2D eigenvalue weighted by Gasteiger charge is -2.22. The highest BCUT2D eigenvalue weighted by molar-refractivity contribution is 5.88. The summed E-state index contributed by atoms with van der Waals surface area (Å²) in [7, 11) is -4.94. The van der Waals surface area contributed by atoms with E-state index in [1.54, 1.807) is 0 Å². The van der Waals surface area contributed by atoms with Gasteiger partial charge < -0.3 is 0 Å². The summed E-state index contributed by atoms with van der Waals surface area (Å²) in [6, 6.07) is 41.4. The molecule has 0 saturated carbocycles. The van der Waals surface area contributed by atoms with Crippen molar-refractivity contribution in [1.29, 1.82) is 0 Å². The van der Waals surface area contributed by atoms with Gasteiger partial charge in [-0.15, -0.1) is 10.2 Å². The first-order chi connectivity index (χ1) is 17.5. The Morgan fingerprint density at radius 3 is 1.30 bits per heavy atom. The van der Waals surface area contributed by atoms with Gasteiger partial charge in [-0.25, -0.2) is 18.6 Å². The first-order valence-corrected chi connectivity index (χ1v) is 13.1. The molecule has 37 heavy (non-hydrogen) atoms. The Hall–Kier alpha value is -3.58. The number of halogens is 1. The van der Waals surface area contributed by atoms with Gasteiger partial charge in [0.2, 0.25) is 11.4 Å². The average molecular weight is 514 g/mol. The molecule has 6 heteroatoms. The summed E-state index contributed by atoms with van der Waals surface area (Å²) in [5.41, 5.74) is 9.87. The van der Waals surface area contributed by atoms with E-state index < -0.39 is 10.2 Å². The van der Waals surface area contributed by atoms with Crippen molar-refractivity contribution in [3.8, 4) is 44.8 Å². The van der Waals surface area contributed by atoms with Crippen molar-refractivity contribution in [3.63, 3.8) is 0 Å². The molecule has 0 aliphatic heterocycles. The van der Waals surface area contributed by atoms with Gasteiger partial charge in [-0.05, 0) is 46.5 Å². The zero-order chi connectivity index (χ0) is 26.6. The quantitative estimate of drug-likeness (QED) is 0.346. The van der Waals surface area contributed by atoms with Gasteiger partial charge in [-0.3, -0.25) is 0 Å². The van der Waals surface area contributed by atoms with Crippen molar-refractivity contribution in [2.45, 2.75) is 26.3 Å². The van der Waals surface area contributed by atoms with Gasteiger partial charge in [0, 0.05) is 44.0 Å². The molecule has 2 aliphatic rings. The van der Waals surface area contributed by atoms with E-state index >= 15 is 0 Å². The maximum Gasteiger partial charge on any atom is 0.214 e. The molecule has 2 aliphatic carbocycles. The van der Waals surface area contributed by atoms with Crippen LogP contribution in [-0.4, -0.2) is 0 Å². The predicted molar refractivity (Wildman–Crippen MR) is 135 cm³/mol. The van der Waals surface area contributed by atoms with Crippen molar-refractivity contribution in [2.75, 3.05) is 0 Å². The molecular weight excluding hydrogens is 486 g/mol. The lowest BCUT2D eigenvalue weighted by Crippen LogP contribution is -2.68. The second-order valence-electron chi connectivity index (χ2n) is 9.66. The zero-order valence-corrected chi connectivity index (χ0v) is 21.7. The van der Waals surface area contributed by atoms with Crippen LogP contribution in [0.2, 0.25) is 0 Å². The fourth-order valence-electron chi connectivity index (χ4n) is 4.58. The molecule has 1 heterocycles. The number of benzene rings is 2. The SMILES string of the molecule is CC(C)(C)[n+]1c(-c2ccccc2)cc(-c2ccc3cccccc2-3)cc1-c1ccccc1.[O-][Cl+3]([O-])([O-])[O-]. The van der Waals surface area contributed by atoms with Crippen molar-refractivity contribution in [2.24, 2.45) is 0 Å². The fourth-order valence-corrected chi connectivity index (χ4v) is 4.58. The summed E-state index contributed by atoms with van der Waals surface area (Å²) in [6.45, 7) is 6.84. The lowest BCUT2D eigenvalue weighted by atomic mass is 9.95. The highest BCUT2D eigenvalue weighted by atomic mass is 35.7. The van der Waals surface area contributed by atoms with E-state index in [1.807, 2.05) is 0 Å². The third-order valence-electron chi connectivity index (χ3n) is 5.98. The van der Waals surface area contributed by atoms with Crippen LogP contribution < -0.4 is 23.2 Å². The summed E-state index contributed by atoms with van der Waals surface area (Å²) in [5, 5.41) is 0. The van der Waals surface area contributed by atoms with Crippen LogP contribution in [0.3, 0.4) is 0 Å². The largest absolute Gasteiger partial charge is 0.222 e. The lowest BCUT2D eigenvalue weighted by molar-refractivity contribution is -2.00. The zero-order valence-electron chi connectivity index (χ0n) is 20.9. The molecule has 3 aromatic rings. The van der Waals surface area contributed by atoms with Gasteiger partial charge in [-0.1, -0.05) is 78.9 Å². The second kappa shape index (κ2) is 10.8. The predicted octanol–water partition coefficient (Wildman–Crippen LogP) is 3.08. The minimum Gasteiger partial charge on any atom is -0.222 e. The summed E-state index contributed by atoms with van der Waals surface area (Å²) < 4.78 is 36.5. The van der Waals surface area contributed by atoms with E-state index in [9.17, 15) is 0 Å². The smallest absolute Gasteiger partial charge is 0.214 e. The van der Waals surface area contributed by atoms with Crippen LogP contribution >= 0.6 is 0 Å². The number of hydrogen-bond donors (Lipinski definition) is 0. The Labute approximate surface area is 219 Å². The normalized spacial score (nSPS) is 11.6. The molecule has 2 aromatic carbocycles. The Morgan fingerprint density at radius 1 is 0.486 bits per heavy atom. The Morgan fingerprint density at radius 2 is 0.865 bits per heavy atom. The van der Waals surface area contributed by atoms with Crippen LogP contribution in [0.15, 0.2) is 115 Å². The Bertz CT molecular complexity index is 1380. The molecule has 1 aromatic heterocycles. The number of aromatic nitrogens is 1. The fraction of sp³-hybridized carbons (Fsp3) is 0.129. The Kier molecular flexibility index (Phi) is 7.73. The summed E-state index contributed by atoms with van der Waals surface area (Å²) in [4.78, 5) is 0. The molecule has 5 nitrogen and oxygen atoms in total. The molecule has 188 valence electrons. The van der Waals surface area contributed by atoms with Crippen LogP contribution in [0.25, 0.3) is 44.8 Å². The molecule has 0 amide bonds. The molecule has 0 spiro atoms. The highest BCUT2D eigenvalue weighted by Crippen LogP contribution is 2.38. The Balaban J connectivity index is 0.000000586. The topological polar surface area (TPSA) is 96.1 Å². The van der Waals surface area contributed by atoms with Gasteiger partial charge in [-0.2, -0.15) is 4.57 Å². The molecule has 5 rings (SSSR count). The number of rotatable bonds is 3. The summed E-state index contributed by atoms with van der Waals surface area (Å²) in [5.74, 6) is 0. The number of fused-ring (bicyclic) bond motifs is 1. The number of hydrogen-bond acceptors (Lipinski definition) is 4. The van der Waals surface area contributed by atoms with E-state index in [0.717, 1.165) is 0 Å². The van der Waals surface area contributed by atoms with E-state index in [-0.39, 0.29) is 5.54 Å². The maximum atomic E-state index is 8.49.